The van der Waals surface area contributed by atoms with Crippen molar-refractivity contribution in [2.24, 2.45) is 0 Å². The number of hydrogen-bond donors (Lipinski definition) is 4. The van der Waals surface area contributed by atoms with Crippen LogP contribution in [0, 0.1) is 0 Å². The summed E-state index contributed by atoms with van der Waals surface area (Å²) in [6.07, 6.45) is 1.06. The molecule has 9 nitrogen and oxygen atoms in total. The van der Waals surface area contributed by atoms with E-state index in [-0.39, 0.29) is 17.2 Å². The summed E-state index contributed by atoms with van der Waals surface area (Å²) in [6, 6.07) is 17.4. The van der Waals surface area contributed by atoms with Crippen LogP contribution in [0.3, 0.4) is 0 Å². The van der Waals surface area contributed by atoms with Crippen LogP contribution in [0.1, 0.15) is 33.7 Å². The molecule has 2 aromatic carbocycles. The number of rotatable bonds is 5. The lowest BCUT2D eigenvalue weighted by atomic mass is 10.1. The van der Waals surface area contributed by atoms with Crippen LogP contribution in [0.4, 0.5) is 5.69 Å². The molecular formula is C22H21N5O4. The minimum Gasteiger partial charge on any atom is -0.368 e. The van der Waals surface area contributed by atoms with Crippen LogP contribution in [0.15, 0.2) is 60.7 Å². The van der Waals surface area contributed by atoms with Gasteiger partial charge in [-0.1, -0.05) is 36.4 Å². The van der Waals surface area contributed by atoms with E-state index in [9.17, 15) is 14.4 Å². The summed E-state index contributed by atoms with van der Waals surface area (Å²) in [4.78, 5) is 36.9. The SMILES string of the molecule is O=C(NNC(=O)c1cc(-c2ccccc2)n[nH]1)c1cccc(NC(=O)C2CCCO2)c1. The molecule has 1 saturated heterocycles. The predicted molar refractivity (Wildman–Crippen MR) is 113 cm³/mol. The van der Waals surface area contributed by atoms with Gasteiger partial charge in [0.05, 0.1) is 5.69 Å². The average molecular weight is 419 g/mol. The first-order chi connectivity index (χ1) is 15.1. The third-order valence-corrected chi connectivity index (χ3v) is 4.80. The highest BCUT2D eigenvalue weighted by Crippen LogP contribution is 2.17. The quantitative estimate of drug-likeness (QED) is 0.472. The van der Waals surface area contributed by atoms with Gasteiger partial charge >= 0.3 is 0 Å². The molecule has 4 N–H and O–H groups in total. The van der Waals surface area contributed by atoms with Crippen LogP contribution in [0.5, 0.6) is 0 Å². The molecule has 2 heterocycles. The Morgan fingerprint density at radius 2 is 1.77 bits per heavy atom. The number of amides is 3. The van der Waals surface area contributed by atoms with Crippen molar-refractivity contribution in [2.45, 2.75) is 18.9 Å². The minimum absolute atomic E-state index is 0.205. The minimum atomic E-state index is -0.536. The average Bonchev–Trinajstić information content (AvgIpc) is 3.51. The van der Waals surface area contributed by atoms with E-state index in [1.807, 2.05) is 30.3 Å². The fourth-order valence-electron chi connectivity index (χ4n) is 3.19. The Hall–Kier alpha value is -3.98. The van der Waals surface area contributed by atoms with Crippen LogP contribution in [0.2, 0.25) is 0 Å². The highest BCUT2D eigenvalue weighted by Gasteiger charge is 2.23. The second-order valence-electron chi connectivity index (χ2n) is 7.01. The molecule has 0 bridgehead atoms. The van der Waals surface area contributed by atoms with Crippen molar-refractivity contribution in [1.82, 2.24) is 21.0 Å². The summed E-state index contributed by atoms with van der Waals surface area (Å²) < 4.78 is 5.35. The molecule has 0 saturated carbocycles. The number of nitrogens with one attached hydrogen (secondary N) is 4. The molecule has 0 spiro atoms. The Labute approximate surface area is 178 Å². The zero-order valence-electron chi connectivity index (χ0n) is 16.6. The molecule has 1 aliphatic rings. The van der Waals surface area contributed by atoms with E-state index in [2.05, 4.69) is 26.4 Å². The topological polar surface area (TPSA) is 125 Å². The van der Waals surface area contributed by atoms with Crippen molar-refractivity contribution in [3.05, 3.63) is 71.9 Å². The first-order valence-electron chi connectivity index (χ1n) is 9.84. The highest BCUT2D eigenvalue weighted by atomic mass is 16.5. The number of carbonyl (C=O) groups excluding carboxylic acids is 3. The zero-order valence-corrected chi connectivity index (χ0v) is 16.6. The van der Waals surface area contributed by atoms with Crippen LogP contribution in [0.25, 0.3) is 11.3 Å². The molecule has 0 radical (unpaired) electrons. The van der Waals surface area contributed by atoms with Crippen LogP contribution >= 0.6 is 0 Å². The largest absolute Gasteiger partial charge is 0.368 e. The standard InChI is InChI=1S/C22H21N5O4/c28-20(15-8-4-9-16(12-15)23-22(30)19-10-5-11-31-19)26-27-21(29)18-13-17(24-25-18)14-6-2-1-3-7-14/h1-4,6-9,12-13,19H,5,10-11H2,(H,23,30)(H,24,25)(H,26,28)(H,27,29). The molecular weight excluding hydrogens is 398 g/mol. The van der Waals surface area contributed by atoms with Gasteiger partial charge in [0.1, 0.15) is 11.8 Å². The van der Waals surface area contributed by atoms with Gasteiger partial charge in [0.2, 0.25) is 0 Å². The molecule has 3 amide bonds. The Balaban J connectivity index is 1.34. The second kappa shape index (κ2) is 9.23. The van der Waals surface area contributed by atoms with Gasteiger partial charge in [-0.15, -0.1) is 0 Å². The number of hydrogen-bond acceptors (Lipinski definition) is 5. The van der Waals surface area contributed by atoms with Gasteiger partial charge in [0.25, 0.3) is 17.7 Å². The van der Waals surface area contributed by atoms with Gasteiger partial charge in [-0.3, -0.25) is 30.3 Å². The monoisotopic (exact) mass is 419 g/mol. The number of nitrogens with zero attached hydrogens (tertiary/aromatic N) is 1. The van der Waals surface area contributed by atoms with Gasteiger partial charge < -0.3 is 10.1 Å². The molecule has 1 fully saturated rings. The molecule has 158 valence electrons. The van der Waals surface area contributed by atoms with E-state index in [1.54, 1.807) is 24.3 Å². The van der Waals surface area contributed by atoms with E-state index in [0.717, 1.165) is 12.0 Å². The Morgan fingerprint density at radius 1 is 0.968 bits per heavy atom. The van der Waals surface area contributed by atoms with Crippen molar-refractivity contribution in [1.29, 1.82) is 0 Å². The first-order valence-corrected chi connectivity index (χ1v) is 9.84. The normalized spacial score (nSPS) is 15.3. The van der Waals surface area contributed by atoms with Crippen molar-refractivity contribution in [2.75, 3.05) is 11.9 Å². The summed E-state index contributed by atoms with van der Waals surface area (Å²) in [5.74, 6) is -1.30. The van der Waals surface area contributed by atoms with Crippen LogP contribution < -0.4 is 16.2 Å². The number of benzene rings is 2. The molecule has 3 aromatic rings. The molecule has 31 heavy (non-hydrogen) atoms. The Bertz CT molecular complexity index is 1090. The lowest BCUT2D eigenvalue weighted by Gasteiger charge is -2.11. The van der Waals surface area contributed by atoms with E-state index >= 15 is 0 Å². The van der Waals surface area contributed by atoms with Crippen molar-refractivity contribution < 1.29 is 19.1 Å². The molecule has 1 aliphatic heterocycles. The first kappa shape index (κ1) is 20.3. The highest BCUT2D eigenvalue weighted by molar-refractivity contribution is 6.00. The van der Waals surface area contributed by atoms with Crippen molar-refractivity contribution in [3.8, 4) is 11.3 Å². The van der Waals surface area contributed by atoms with Crippen molar-refractivity contribution >= 4 is 23.4 Å². The fourth-order valence-corrected chi connectivity index (χ4v) is 3.19. The van der Waals surface area contributed by atoms with Gasteiger partial charge in [0, 0.05) is 23.4 Å². The third kappa shape index (κ3) is 4.96. The van der Waals surface area contributed by atoms with E-state index in [4.69, 9.17) is 4.74 Å². The van der Waals surface area contributed by atoms with Crippen molar-refractivity contribution in [3.63, 3.8) is 0 Å². The van der Waals surface area contributed by atoms with Gasteiger partial charge in [-0.2, -0.15) is 5.10 Å². The molecule has 1 atom stereocenters. The number of aromatic amines is 1. The van der Waals surface area contributed by atoms with E-state index in [1.165, 1.54) is 6.07 Å². The molecule has 0 aliphatic carbocycles. The van der Waals surface area contributed by atoms with Gasteiger partial charge in [-0.05, 0) is 37.1 Å². The molecule has 1 aromatic heterocycles. The number of ether oxygens (including phenoxy) is 1. The summed E-state index contributed by atoms with van der Waals surface area (Å²) >= 11 is 0. The lowest BCUT2D eigenvalue weighted by molar-refractivity contribution is -0.124. The predicted octanol–water partition coefficient (Wildman–Crippen LogP) is 2.27. The number of carbonyl (C=O) groups is 3. The fraction of sp³-hybridized carbons (Fsp3) is 0.182. The van der Waals surface area contributed by atoms with Crippen LogP contribution in [-0.2, 0) is 9.53 Å². The zero-order chi connectivity index (χ0) is 21.6. The maximum atomic E-state index is 12.4. The molecule has 1 unspecified atom stereocenters. The Kier molecular flexibility index (Phi) is 6.04. The molecule has 9 heteroatoms. The molecule has 4 rings (SSSR count). The van der Waals surface area contributed by atoms with Crippen LogP contribution in [-0.4, -0.2) is 40.6 Å². The van der Waals surface area contributed by atoms with E-state index in [0.29, 0.717) is 24.4 Å². The number of hydrazine groups is 1. The van der Waals surface area contributed by atoms with Gasteiger partial charge in [-0.25, -0.2) is 0 Å². The van der Waals surface area contributed by atoms with E-state index < -0.39 is 17.9 Å². The summed E-state index contributed by atoms with van der Waals surface area (Å²) in [5.41, 5.74) is 7.15. The summed E-state index contributed by atoms with van der Waals surface area (Å²) in [7, 11) is 0. The maximum absolute atomic E-state index is 12.4. The summed E-state index contributed by atoms with van der Waals surface area (Å²) in [6.45, 7) is 0.573. The Morgan fingerprint density at radius 3 is 2.55 bits per heavy atom. The van der Waals surface area contributed by atoms with Gasteiger partial charge in [0.15, 0.2) is 0 Å². The number of anilines is 1. The summed E-state index contributed by atoms with van der Waals surface area (Å²) in [5, 5.41) is 9.51. The maximum Gasteiger partial charge on any atom is 0.287 e. The number of H-pyrrole nitrogens is 1. The smallest absolute Gasteiger partial charge is 0.287 e. The number of aromatic nitrogens is 2. The second-order valence-corrected chi connectivity index (χ2v) is 7.01. The lowest BCUT2D eigenvalue weighted by Crippen LogP contribution is -2.41. The third-order valence-electron chi connectivity index (χ3n) is 4.80.